The van der Waals surface area contributed by atoms with Gasteiger partial charge in [0.05, 0.1) is 32.7 Å². The number of hydrogen-bond donors (Lipinski definition) is 1. The fourth-order valence-electron chi connectivity index (χ4n) is 3.24. The minimum Gasteiger partial charge on any atom is -0.495 e. The third kappa shape index (κ3) is 4.39. The molecule has 0 spiro atoms. The summed E-state index contributed by atoms with van der Waals surface area (Å²) in [5.41, 5.74) is 2.91. The van der Waals surface area contributed by atoms with Crippen LogP contribution in [-0.4, -0.2) is 41.6 Å². The number of nitrogens with one attached hydrogen (secondary N) is 1. The van der Waals surface area contributed by atoms with Gasteiger partial charge in [0.15, 0.2) is 11.5 Å². The van der Waals surface area contributed by atoms with Crippen molar-refractivity contribution >= 4 is 23.4 Å². The van der Waals surface area contributed by atoms with E-state index in [1.165, 1.54) is 6.08 Å². The lowest BCUT2D eigenvalue weighted by Crippen LogP contribution is -2.09. The van der Waals surface area contributed by atoms with Crippen molar-refractivity contribution in [2.45, 2.75) is 0 Å². The van der Waals surface area contributed by atoms with Gasteiger partial charge < -0.3 is 19.5 Å². The monoisotopic (exact) mass is 430 g/mol. The van der Waals surface area contributed by atoms with Crippen molar-refractivity contribution in [3.05, 3.63) is 72.7 Å². The number of carbonyl (C=O) groups is 1. The number of nitrogens with zero attached hydrogens (tertiary/aromatic N) is 3. The summed E-state index contributed by atoms with van der Waals surface area (Å²) in [6.07, 6.45) is 8.59. The molecule has 8 nitrogen and oxygen atoms in total. The van der Waals surface area contributed by atoms with Crippen LogP contribution >= 0.6 is 0 Å². The highest BCUT2D eigenvalue weighted by Gasteiger charge is 2.11. The SMILES string of the molecule is COc1ccc(-c2cn3cccnc3n2)cc1NC(=O)/C=C/c1ccc(OC)c(OC)c1. The van der Waals surface area contributed by atoms with Gasteiger partial charge in [-0.05, 0) is 48.0 Å². The maximum absolute atomic E-state index is 12.6. The zero-order valence-corrected chi connectivity index (χ0v) is 17.9. The van der Waals surface area contributed by atoms with Gasteiger partial charge in [0.25, 0.3) is 0 Å². The quantitative estimate of drug-likeness (QED) is 0.445. The van der Waals surface area contributed by atoms with Crippen molar-refractivity contribution < 1.29 is 19.0 Å². The molecule has 0 aliphatic rings. The smallest absolute Gasteiger partial charge is 0.248 e. The van der Waals surface area contributed by atoms with Crippen molar-refractivity contribution in [1.29, 1.82) is 0 Å². The van der Waals surface area contributed by atoms with Gasteiger partial charge in [-0.1, -0.05) is 6.07 Å². The van der Waals surface area contributed by atoms with Gasteiger partial charge in [-0.3, -0.25) is 9.20 Å². The van der Waals surface area contributed by atoms with Crippen LogP contribution in [-0.2, 0) is 4.79 Å². The van der Waals surface area contributed by atoms with Gasteiger partial charge in [-0.15, -0.1) is 0 Å². The minimum absolute atomic E-state index is 0.299. The number of ether oxygens (including phenoxy) is 3. The van der Waals surface area contributed by atoms with Crippen LogP contribution in [0.3, 0.4) is 0 Å². The first-order valence-corrected chi connectivity index (χ1v) is 9.80. The van der Waals surface area contributed by atoms with Crippen molar-refractivity contribution in [2.75, 3.05) is 26.6 Å². The molecule has 2 heterocycles. The molecule has 0 saturated carbocycles. The lowest BCUT2D eigenvalue weighted by Gasteiger charge is -2.10. The lowest BCUT2D eigenvalue weighted by molar-refractivity contribution is -0.111. The number of fused-ring (bicyclic) bond motifs is 1. The number of amides is 1. The number of rotatable bonds is 7. The molecule has 2 aromatic heterocycles. The normalized spacial score (nSPS) is 11.0. The fraction of sp³-hybridized carbons (Fsp3) is 0.125. The Morgan fingerprint density at radius 1 is 1.00 bits per heavy atom. The molecule has 1 amide bonds. The second kappa shape index (κ2) is 9.22. The number of methoxy groups -OCH3 is 3. The molecule has 1 N–H and O–H groups in total. The fourth-order valence-corrected chi connectivity index (χ4v) is 3.24. The van der Waals surface area contributed by atoms with E-state index in [4.69, 9.17) is 14.2 Å². The van der Waals surface area contributed by atoms with Crippen LogP contribution in [0.2, 0.25) is 0 Å². The molecular weight excluding hydrogens is 408 g/mol. The topological polar surface area (TPSA) is 87.0 Å². The molecule has 4 rings (SSSR count). The Balaban J connectivity index is 1.55. The molecule has 0 fully saturated rings. The molecule has 32 heavy (non-hydrogen) atoms. The number of anilines is 1. The summed E-state index contributed by atoms with van der Waals surface area (Å²) in [5, 5.41) is 2.87. The molecule has 0 bridgehead atoms. The highest BCUT2D eigenvalue weighted by atomic mass is 16.5. The molecular formula is C24H22N4O4. The van der Waals surface area contributed by atoms with Gasteiger partial charge in [-0.2, -0.15) is 0 Å². The van der Waals surface area contributed by atoms with Gasteiger partial charge in [-0.25, -0.2) is 9.97 Å². The standard InChI is InChI=1S/C24H22N4O4/c1-30-20-9-7-17(19-15-28-12-4-11-25-24(28)27-19)14-18(20)26-23(29)10-6-16-5-8-21(31-2)22(13-16)32-3/h4-15H,1-3H3,(H,26,29)/b10-6+. The van der Waals surface area contributed by atoms with Crippen LogP contribution in [0.25, 0.3) is 23.1 Å². The van der Waals surface area contributed by atoms with Crippen LogP contribution < -0.4 is 19.5 Å². The van der Waals surface area contributed by atoms with E-state index in [0.717, 1.165) is 16.8 Å². The summed E-state index contributed by atoms with van der Waals surface area (Å²) in [6.45, 7) is 0. The van der Waals surface area contributed by atoms with Gasteiger partial charge >= 0.3 is 0 Å². The largest absolute Gasteiger partial charge is 0.495 e. The van der Waals surface area contributed by atoms with Crippen molar-refractivity contribution in [1.82, 2.24) is 14.4 Å². The predicted molar refractivity (Wildman–Crippen MR) is 122 cm³/mol. The molecule has 0 unspecified atom stereocenters. The van der Waals surface area contributed by atoms with Crippen LogP contribution in [0.15, 0.2) is 67.1 Å². The Hall–Kier alpha value is -4.33. The van der Waals surface area contributed by atoms with Crippen molar-refractivity contribution in [3.63, 3.8) is 0 Å². The summed E-state index contributed by atoms with van der Waals surface area (Å²) in [4.78, 5) is 21.3. The Labute approximate surface area is 185 Å². The lowest BCUT2D eigenvalue weighted by atomic mass is 10.1. The molecule has 8 heteroatoms. The molecule has 0 radical (unpaired) electrons. The van der Waals surface area contributed by atoms with Crippen molar-refractivity contribution in [3.8, 4) is 28.5 Å². The van der Waals surface area contributed by atoms with Gasteiger partial charge in [0.2, 0.25) is 11.7 Å². The molecule has 0 atom stereocenters. The zero-order valence-electron chi connectivity index (χ0n) is 17.9. The van der Waals surface area contributed by atoms with E-state index >= 15 is 0 Å². The molecule has 0 aliphatic heterocycles. The van der Waals surface area contributed by atoms with Crippen LogP contribution in [0.4, 0.5) is 5.69 Å². The number of imidazole rings is 1. The zero-order chi connectivity index (χ0) is 22.5. The molecule has 0 aliphatic carbocycles. The first-order chi connectivity index (χ1) is 15.6. The van der Waals surface area contributed by atoms with E-state index in [0.29, 0.717) is 28.7 Å². The highest BCUT2D eigenvalue weighted by Crippen LogP contribution is 2.31. The van der Waals surface area contributed by atoms with E-state index in [-0.39, 0.29) is 5.91 Å². The summed E-state index contributed by atoms with van der Waals surface area (Å²) >= 11 is 0. The second-order valence-electron chi connectivity index (χ2n) is 6.81. The minimum atomic E-state index is -0.299. The summed E-state index contributed by atoms with van der Waals surface area (Å²) < 4.78 is 17.8. The van der Waals surface area contributed by atoms with E-state index in [1.807, 2.05) is 41.1 Å². The predicted octanol–water partition coefficient (Wildman–Crippen LogP) is 4.07. The summed E-state index contributed by atoms with van der Waals surface area (Å²) in [6, 6.07) is 12.7. The molecule has 4 aromatic rings. The van der Waals surface area contributed by atoms with E-state index in [9.17, 15) is 4.79 Å². The number of hydrogen-bond acceptors (Lipinski definition) is 6. The second-order valence-corrected chi connectivity index (χ2v) is 6.81. The Morgan fingerprint density at radius 2 is 1.78 bits per heavy atom. The van der Waals surface area contributed by atoms with Crippen molar-refractivity contribution in [2.24, 2.45) is 0 Å². The van der Waals surface area contributed by atoms with E-state index in [1.54, 1.807) is 51.8 Å². The number of aromatic nitrogens is 3. The first-order valence-electron chi connectivity index (χ1n) is 9.80. The van der Waals surface area contributed by atoms with Crippen LogP contribution in [0.5, 0.6) is 17.2 Å². The third-order valence-electron chi connectivity index (χ3n) is 4.82. The first kappa shape index (κ1) is 20.9. The molecule has 162 valence electrons. The van der Waals surface area contributed by atoms with E-state index < -0.39 is 0 Å². The van der Waals surface area contributed by atoms with Gasteiger partial charge in [0.1, 0.15) is 5.75 Å². The Kier molecular flexibility index (Phi) is 6.03. The number of benzene rings is 2. The van der Waals surface area contributed by atoms with Crippen LogP contribution in [0, 0.1) is 0 Å². The van der Waals surface area contributed by atoms with Gasteiger partial charge in [0, 0.05) is 30.2 Å². The third-order valence-corrected chi connectivity index (χ3v) is 4.82. The Bertz CT molecular complexity index is 1260. The Morgan fingerprint density at radius 3 is 2.53 bits per heavy atom. The summed E-state index contributed by atoms with van der Waals surface area (Å²) in [7, 11) is 4.69. The average molecular weight is 430 g/mol. The highest BCUT2D eigenvalue weighted by molar-refractivity contribution is 6.03. The van der Waals surface area contributed by atoms with E-state index in [2.05, 4.69) is 15.3 Å². The van der Waals surface area contributed by atoms with Crippen LogP contribution in [0.1, 0.15) is 5.56 Å². The maximum Gasteiger partial charge on any atom is 0.248 e. The molecule has 0 saturated heterocycles. The summed E-state index contributed by atoms with van der Waals surface area (Å²) in [5.74, 6) is 2.06. The average Bonchev–Trinajstić information content (AvgIpc) is 3.27. The molecule has 2 aromatic carbocycles. The number of carbonyl (C=O) groups excluding carboxylic acids is 1. The maximum atomic E-state index is 12.6.